The number of carbonyl (C=O) groups excluding carboxylic acids is 1. The van der Waals surface area contributed by atoms with Crippen LogP contribution in [0.5, 0.6) is 0 Å². The van der Waals surface area contributed by atoms with Crippen LogP contribution in [0.1, 0.15) is 51.9 Å². The van der Waals surface area contributed by atoms with Crippen molar-refractivity contribution < 1.29 is 9.53 Å². The number of esters is 1. The molecule has 0 aliphatic heterocycles. The predicted molar refractivity (Wildman–Crippen MR) is 53.6 cm³/mol. The average Bonchev–Trinajstić information content (AvgIpc) is 2.06. The van der Waals surface area contributed by atoms with Crippen molar-refractivity contribution in [3.05, 3.63) is 0 Å². The van der Waals surface area contributed by atoms with E-state index in [1.165, 1.54) is 19.3 Å². The molecule has 0 saturated heterocycles. The van der Waals surface area contributed by atoms with Gasteiger partial charge in [0.05, 0.1) is 0 Å². The molecule has 0 N–H and O–H groups in total. The third kappa shape index (κ3) is 5.71. The zero-order valence-corrected chi connectivity index (χ0v) is 10.8. The van der Waals surface area contributed by atoms with Crippen molar-refractivity contribution >= 4 is 35.5 Å². The standard InChI is InChI=1S/C10H18O2.Na/c1-2-6-10(11)12-9-7-4-3-5-8-9;/h9H,2-8H2,1H3;. The summed E-state index contributed by atoms with van der Waals surface area (Å²) < 4.78 is 5.29. The first kappa shape index (κ1) is 13.5. The molecule has 0 spiro atoms. The fraction of sp³-hybridized carbons (Fsp3) is 0.900. The second kappa shape index (κ2) is 7.84. The Balaban J connectivity index is 0.00000144. The zero-order chi connectivity index (χ0) is 8.81. The van der Waals surface area contributed by atoms with Crippen LogP contribution in [0.3, 0.4) is 0 Å². The van der Waals surface area contributed by atoms with E-state index >= 15 is 0 Å². The van der Waals surface area contributed by atoms with Crippen LogP contribution in [-0.2, 0) is 9.53 Å². The number of carbonyl (C=O) groups is 1. The first-order valence-electron chi connectivity index (χ1n) is 5.02. The van der Waals surface area contributed by atoms with Gasteiger partial charge in [0.25, 0.3) is 0 Å². The van der Waals surface area contributed by atoms with E-state index in [4.69, 9.17) is 4.74 Å². The quantitative estimate of drug-likeness (QED) is 0.507. The molecular weight excluding hydrogens is 175 g/mol. The number of ether oxygens (including phenoxy) is 1. The first-order chi connectivity index (χ1) is 5.83. The predicted octanol–water partition coefficient (Wildman–Crippen LogP) is 2.28. The Hall–Kier alpha value is 0.470. The van der Waals surface area contributed by atoms with Gasteiger partial charge < -0.3 is 4.74 Å². The van der Waals surface area contributed by atoms with Gasteiger partial charge in [-0.15, -0.1) is 0 Å². The summed E-state index contributed by atoms with van der Waals surface area (Å²) in [7, 11) is 0. The van der Waals surface area contributed by atoms with Gasteiger partial charge in [0, 0.05) is 36.0 Å². The zero-order valence-electron chi connectivity index (χ0n) is 8.84. The molecule has 0 heterocycles. The molecule has 71 valence electrons. The minimum Gasteiger partial charge on any atom is -0.462 e. The van der Waals surface area contributed by atoms with Gasteiger partial charge in [0.15, 0.2) is 0 Å². The van der Waals surface area contributed by atoms with Crippen LogP contribution in [0.15, 0.2) is 0 Å². The molecule has 1 radical (unpaired) electrons. The Morgan fingerprint density at radius 1 is 1.31 bits per heavy atom. The van der Waals surface area contributed by atoms with Crippen molar-refractivity contribution in [2.75, 3.05) is 0 Å². The van der Waals surface area contributed by atoms with Gasteiger partial charge in [-0.25, -0.2) is 0 Å². The van der Waals surface area contributed by atoms with Crippen molar-refractivity contribution in [3.8, 4) is 0 Å². The summed E-state index contributed by atoms with van der Waals surface area (Å²) in [6.07, 6.45) is 7.63. The Kier molecular flexibility index (Phi) is 8.12. The third-order valence-electron chi connectivity index (χ3n) is 2.30. The summed E-state index contributed by atoms with van der Waals surface area (Å²) in [5.41, 5.74) is 0. The van der Waals surface area contributed by atoms with E-state index < -0.39 is 0 Å². The maximum Gasteiger partial charge on any atom is 0.306 e. The number of hydrogen-bond acceptors (Lipinski definition) is 2. The maximum absolute atomic E-state index is 11.1. The molecule has 3 heteroatoms. The van der Waals surface area contributed by atoms with Crippen molar-refractivity contribution in [3.63, 3.8) is 0 Å². The Morgan fingerprint density at radius 3 is 2.46 bits per heavy atom. The molecular formula is C10H18NaO2. The molecule has 0 aromatic rings. The van der Waals surface area contributed by atoms with Gasteiger partial charge in [-0.05, 0) is 32.1 Å². The van der Waals surface area contributed by atoms with Crippen LogP contribution in [0, 0.1) is 0 Å². The van der Waals surface area contributed by atoms with E-state index in [9.17, 15) is 4.79 Å². The Morgan fingerprint density at radius 2 is 1.92 bits per heavy atom. The van der Waals surface area contributed by atoms with Crippen LogP contribution < -0.4 is 0 Å². The summed E-state index contributed by atoms with van der Waals surface area (Å²) in [4.78, 5) is 11.1. The molecule has 2 nitrogen and oxygen atoms in total. The molecule has 0 bridgehead atoms. The molecule has 0 aromatic heterocycles. The van der Waals surface area contributed by atoms with Crippen LogP contribution >= 0.6 is 0 Å². The summed E-state index contributed by atoms with van der Waals surface area (Å²) in [5, 5.41) is 0. The summed E-state index contributed by atoms with van der Waals surface area (Å²) in [5.74, 6) is -0.00981. The van der Waals surface area contributed by atoms with Gasteiger partial charge in [0.1, 0.15) is 6.10 Å². The minimum atomic E-state index is -0.00981. The number of hydrogen-bond donors (Lipinski definition) is 0. The van der Waals surface area contributed by atoms with Crippen LogP contribution in [0.2, 0.25) is 0 Å². The molecule has 1 rings (SSSR count). The normalized spacial score (nSPS) is 17.6. The van der Waals surface area contributed by atoms with Gasteiger partial charge in [-0.3, -0.25) is 4.79 Å². The molecule has 0 aromatic carbocycles. The van der Waals surface area contributed by atoms with Gasteiger partial charge >= 0.3 is 5.97 Å². The third-order valence-corrected chi connectivity index (χ3v) is 2.30. The smallest absolute Gasteiger partial charge is 0.306 e. The van der Waals surface area contributed by atoms with Crippen LogP contribution in [-0.4, -0.2) is 41.6 Å². The summed E-state index contributed by atoms with van der Waals surface area (Å²) >= 11 is 0. The molecule has 0 atom stereocenters. The molecule has 1 saturated carbocycles. The van der Waals surface area contributed by atoms with E-state index in [1.54, 1.807) is 0 Å². The maximum atomic E-state index is 11.1. The summed E-state index contributed by atoms with van der Waals surface area (Å²) in [6, 6.07) is 0. The van der Waals surface area contributed by atoms with E-state index in [2.05, 4.69) is 0 Å². The van der Waals surface area contributed by atoms with Crippen molar-refractivity contribution in [1.29, 1.82) is 0 Å². The van der Waals surface area contributed by atoms with E-state index in [1.807, 2.05) is 6.92 Å². The molecule has 1 fully saturated rings. The average molecular weight is 193 g/mol. The Labute approximate surface area is 103 Å². The van der Waals surface area contributed by atoms with Crippen molar-refractivity contribution in [2.45, 2.75) is 58.0 Å². The number of rotatable bonds is 3. The van der Waals surface area contributed by atoms with Gasteiger partial charge in [-0.2, -0.15) is 0 Å². The van der Waals surface area contributed by atoms with Gasteiger partial charge in [-0.1, -0.05) is 13.3 Å². The molecule has 1 aliphatic carbocycles. The largest absolute Gasteiger partial charge is 0.462 e. The van der Waals surface area contributed by atoms with Crippen LogP contribution in [0.25, 0.3) is 0 Å². The fourth-order valence-electron chi connectivity index (χ4n) is 1.63. The first-order valence-corrected chi connectivity index (χ1v) is 5.02. The molecule has 0 unspecified atom stereocenters. The van der Waals surface area contributed by atoms with Crippen LogP contribution in [0.4, 0.5) is 0 Å². The SMILES string of the molecule is CCCC(=O)OC1CCCCC1.[Na]. The topological polar surface area (TPSA) is 26.3 Å². The molecule has 0 amide bonds. The monoisotopic (exact) mass is 193 g/mol. The van der Waals surface area contributed by atoms with Gasteiger partial charge in [0.2, 0.25) is 0 Å². The summed E-state index contributed by atoms with van der Waals surface area (Å²) in [6.45, 7) is 2.00. The Bertz CT molecular complexity index is 142. The van der Waals surface area contributed by atoms with E-state index in [0.717, 1.165) is 19.3 Å². The van der Waals surface area contributed by atoms with Crippen molar-refractivity contribution in [1.82, 2.24) is 0 Å². The molecule has 13 heavy (non-hydrogen) atoms. The fourth-order valence-corrected chi connectivity index (χ4v) is 1.63. The minimum absolute atomic E-state index is 0. The second-order valence-corrected chi connectivity index (χ2v) is 3.50. The second-order valence-electron chi connectivity index (χ2n) is 3.50. The van der Waals surface area contributed by atoms with Crippen molar-refractivity contribution in [2.24, 2.45) is 0 Å². The van der Waals surface area contributed by atoms with E-state index in [-0.39, 0.29) is 41.6 Å². The van der Waals surface area contributed by atoms with E-state index in [0.29, 0.717) is 6.42 Å². The molecule has 1 aliphatic rings.